The molecule has 0 aliphatic carbocycles. The van der Waals surface area contributed by atoms with Gasteiger partial charge in [-0.25, -0.2) is 4.39 Å². The van der Waals surface area contributed by atoms with Crippen LogP contribution in [0.2, 0.25) is 0 Å². The summed E-state index contributed by atoms with van der Waals surface area (Å²) in [6.07, 6.45) is 2.14. The monoisotopic (exact) mass is 536 g/mol. The Hall–Kier alpha value is -3.54. The molecule has 0 spiro atoms. The lowest BCUT2D eigenvalue weighted by atomic mass is 9.85. The summed E-state index contributed by atoms with van der Waals surface area (Å²) in [5.74, 6) is 0.509. The summed E-state index contributed by atoms with van der Waals surface area (Å²) in [4.78, 5) is 18.3. The summed E-state index contributed by atoms with van der Waals surface area (Å²) >= 11 is 0. The van der Waals surface area contributed by atoms with E-state index in [0.29, 0.717) is 25.4 Å². The van der Waals surface area contributed by atoms with Crippen molar-refractivity contribution < 1.29 is 14.3 Å². The zero-order valence-electron chi connectivity index (χ0n) is 22.8. The lowest BCUT2D eigenvalue weighted by Gasteiger charge is -2.35. The Balaban J connectivity index is 1.18. The third-order valence-corrected chi connectivity index (χ3v) is 9.00. The lowest BCUT2D eigenvalue weighted by molar-refractivity contribution is 0.0706. The molecule has 3 unspecified atom stereocenters. The first kappa shape index (κ1) is 26.7. The van der Waals surface area contributed by atoms with Gasteiger partial charge in [0.1, 0.15) is 5.82 Å². The van der Waals surface area contributed by atoms with Crippen molar-refractivity contribution in [1.82, 2.24) is 9.80 Å². The number of carbonyl (C=O) groups excluding carboxylic acids is 1. The lowest BCUT2D eigenvalue weighted by Crippen LogP contribution is -2.40. The van der Waals surface area contributed by atoms with Gasteiger partial charge in [-0.3, -0.25) is 4.79 Å². The molecule has 3 atom stereocenters. The molecular weight excluding hydrogens is 499 g/mol. The first-order valence-corrected chi connectivity index (χ1v) is 14.5. The fourth-order valence-corrected chi connectivity index (χ4v) is 6.80. The van der Waals surface area contributed by atoms with Gasteiger partial charge in [-0.2, -0.15) is 0 Å². The van der Waals surface area contributed by atoms with Gasteiger partial charge in [0.15, 0.2) is 0 Å². The summed E-state index contributed by atoms with van der Waals surface area (Å²) in [6, 6.07) is 31.0. The SMILES string of the molecule is O=C(c1cccc2ccccc12)N1CC(CN2CCC(c3ccc(F)cc3)CC2)C(C(O)Cc2ccccc2)C1. The molecule has 2 aliphatic heterocycles. The van der Waals surface area contributed by atoms with Crippen LogP contribution >= 0.6 is 0 Å². The Morgan fingerprint density at radius 2 is 1.55 bits per heavy atom. The first-order chi connectivity index (χ1) is 19.5. The predicted octanol–water partition coefficient (Wildman–Crippen LogP) is 6.15. The molecule has 0 radical (unpaired) electrons. The number of fused-ring (bicyclic) bond motifs is 1. The quantitative estimate of drug-likeness (QED) is 0.308. The minimum absolute atomic E-state index is 0.00829. The number of nitrogens with zero attached hydrogens (tertiary/aromatic N) is 2. The second-order valence-electron chi connectivity index (χ2n) is 11.5. The summed E-state index contributed by atoms with van der Waals surface area (Å²) in [7, 11) is 0. The Morgan fingerprint density at radius 3 is 2.33 bits per heavy atom. The average Bonchev–Trinajstić information content (AvgIpc) is 3.42. The molecule has 2 aliphatic rings. The van der Waals surface area contributed by atoms with Crippen molar-refractivity contribution in [3.63, 3.8) is 0 Å². The minimum atomic E-state index is -0.519. The maximum atomic E-state index is 13.9. The van der Waals surface area contributed by atoms with Crippen molar-refractivity contribution in [3.8, 4) is 0 Å². The maximum absolute atomic E-state index is 13.9. The van der Waals surface area contributed by atoms with E-state index in [1.54, 1.807) is 12.1 Å². The van der Waals surface area contributed by atoms with Gasteiger partial charge < -0.3 is 14.9 Å². The van der Waals surface area contributed by atoms with E-state index in [4.69, 9.17) is 0 Å². The van der Waals surface area contributed by atoms with Crippen LogP contribution in [-0.4, -0.2) is 59.6 Å². The van der Waals surface area contributed by atoms with E-state index in [9.17, 15) is 14.3 Å². The molecule has 0 saturated carbocycles. The minimum Gasteiger partial charge on any atom is -0.392 e. The Morgan fingerprint density at radius 1 is 0.850 bits per heavy atom. The second kappa shape index (κ2) is 11.9. The fourth-order valence-electron chi connectivity index (χ4n) is 6.80. The molecule has 4 nitrogen and oxygen atoms in total. The van der Waals surface area contributed by atoms with Gasteiger partial charge in [0.25, 0.3) is 5.91 Å². The first-order valence-electron chi connectivity index (χ1n) is 14.5. The van der Waals surface area contributed by atoms with E-state index in [1.165, 1.54) is 5.56 Å². The van der Waals surface area contributed by atoms with Crippen molar-refractivity contribution in [3.05, 3.63) is 120 Å². The maximum Gasteiger partial charge on any atom is 0.254 e. The van der Waals surface area contributed by atoms with Gasteiger partial charge >= 0.3 is 0 Å². The normalized spacial score (nSPS) is 21.1. The van der Waals surface area contributed by atoms with E-state index < -0.39 is 6.10 Å². The Labute approximate surface area is 236 Å². The van der Waals surface area contributed by atoms with Crippen LogP contribution in [0, 0.1) is 17.7 Å². The van der Waals surface area contributed by atoms with Crippen LogP contribution in [0.1, 0.15) is 40.2 Å². The van der Waals surface area contributed by atoms with Crippen molar-refractivity contribution in [2.45, 2.75) is 31.3 Å². The van der Waals surface area contributed by atoms with Gasteiger partial charge in [-0.1, -0.05) is 78.9 Å². The summed E-state index contributed by atoms with van der Waals surface area (Å²) in [5.41, 5.74) is 3.06. The van der Waals surface area contributed by atoms with Crippen LogP contribution in [0.25, 0.3) is 10.8 Å². The van der Waals surface area contributed by atoms with E-state index in [-0.39, 0.29) is 23.6 Å². The van der Waals surface area contributed by atoms with E-state index in [1.807, 2.05) is 77.7 Å². The molecule has 2 saturated heterocycles. The van der Waals surface area contributed by atoms with Gasteiger partial charge in [0.2, 0.25) is 0 Å². The highest BCUT2D eigenvalue weighted by Gasteiger charge is 2.40. The number of aliphatic hydroxyl groups is 1. The molecule has 1 amide bonds. The Bertz CT molecular complexity index is 1430. The number of aliphatic hydroxyl groups excluding tert-OH is 1. The van der Waals surface area contributed by atoms with Gasteiger partial charge in [-0.15, -0.1) is 0 Å². The molecule has 4 aromatic carbocycles. The third kappa shape index (κ3) is 5.81. The van der Waals surface area contributed by atoms with Gasteiger partial charge in [0, 0.05) is 31.1 Å². The summed E-state index contributed by atoms with van der Waals surface area (Å²) in [5, 5.41) is 13.5. The zero-order valence-corrected chi connectivity index (χ0v) is 22.8. The van der Waals surface area contributed by atoms with Crippen LogP contribution in [0.15, 0.2) is 97.1 Å². The molecule has 5 heteroatoms. The predicted molar refractivity (Wildman–Crippen MR) is 158 cm³/mol. The number of halogens is 1. The molecule has 2 fully saturated rings. The number of piperidine rings is 1. The van der Waals surface area contributed by atoms with E-state index >= 15 is 0 Å². The van der Waals surface area contributed by atoms with Gasteiger partial charge in [0.05, 0.1) is 6.10 Å². The number of carbonyl (C=O) groups is 1. The fraction of sp³-hybridized carbons (Fsp3) is 0.343. The molecule has 0 bridgehead atoms. The van der Waals surface area contributed by atoms with Crippen molar-refractivity contribution in [1.29, 1.82) is 0 Å². The van der Waals surface area contributed by atoms with E-state index in [0.717, 1.165) is 54.4 Å². The highest BCUT2D eigenvalue weighted by atomic mass is 19.1. The molecule has 2 heterocycles. The van der Waals surface area contributed by atoms with Crippen LogP contribution in [0.5, 0.6) is 0 Å². The van der Waals surface area contributed by atoms with Gasteiger partial charge in [-0.05, 0) is 84.3 Å². The van der Waals surface area contributed by atoms with Crippen LogP contribution in [0.3, 0.4) is 0 Å². The summed E-state index contributed by atoms with van der Waals surface area (Å²) < 4.78 is 13.4. The Kier molecular flexibility index (Phi) is 7.94. The molecular formula is C35H37FN2O2. The van der Waals surface area contributed by atoms with Crippen LogP contribution in [0.4, 0.5) is 4.39 Å². The smallest absolute Gasteiger partial charge is 0.254 e. The van der Waals surface area contributed by atoms with E-state index in [2.05, 4.69) is 17.0 Å². The number of rotatable bonds is 7. The second-order valence-corrected chi connectivity index (χ2v) is 11.5. The molecule has 1 N–H and O–H groups in total. The molecule has 0 aromatic heterocycles. The van der Waals surface area contributed by atoms with Crippen molar-refractivity contribution in [2.24, 2.45) is 11.8 Å². The highest BCUT2D eigenvalue weighted by molar-refractivity contribution is 6.07. The van der Waals surface area contributed by atoms with Crippen LogP contribution < -0.4 is 0 Å². The number of benzene rings is 4. The standard InChI is InChI=1S/C35H37FN2O2/c36-30-15-13-26(14-16-30)27-17-19-37(20-18-27)22-29-23-38(24-33(29)34(39)21-25-7-2-1-3-8-25)35(40)32-12-6-10-28-9-4-5-11-31(28)32/h1-16,27,29,33-34,39H,17-24H2. The zero-order chi connectivity index (χ0) is 27.5. The summed E-state index contributed by atoms with van der Waals surface area (Å²) in [6.45, 7) is 4.02. The molecule has 206 valence electrons. The largest absolute Gasteiger partial charge is 0.392 e. The molecule has 40 heavy (non-hydrogen) atoms. The number of hydrogen-bond acceptors (Lipinski definition) is 3. The molecule has 4 aromatic rings. The topological polar surface area (TPSA) is 43.8 Å². The number of hydrogen-bond donors (Lipinski definition) is 1. The molecule has 6 rings (SSSR count). The number of amides is 1. The van der Waals surface area contributed by atoms with Crippen LogP contribution in [-0.2, 0) is 6.42 Å². The van der Waals surface area contributed by atoms with Crippen molar-refractivity contribution >= 4 is 16.7 Å². The third-order valence-electron chi connectivity index (χ3n) is 9.00. The number of likely N-dealkylation sites (tertiary alicyclic amines) is 2. The highest BCUT2D eigenvalue weighted by Crippen LogP contribution is 2.34. The average molecular weight is 537 g/mol. The van der Waals surface area contributed by atoms with Crippen molar-refractivity contribution in [2.75, 3.05) is 32.7 Å².